The minimum absolute atomic E-state index is 0.0919. The van der Waals surface area contributed by atoms with Gasteiger partial charge in [-0.15, -0.1) is 0 Å². The number of carbonyl (C=O) groups excluding carboxylic acids is 2. The zero-order valence-corrected chi connectivity index (χ0v) is 13.5. The van der Waals surface area contributed by atoms with E-state index in [0.29, 0.717) is 24.7 Å². The molecule has 1 saturated heterocycles. The van der Waals surface area contributed by atoms with E-state index in [9.17, 15) is 9.59 Å². The standard InChI is InChI=1S/C17H25N3O2/c1-11(20-8-3-4-9-20)10-18-17(22)16-12(2)15-13(19-16)6-5-7-14(15)21/h11,19H,3-10H2,1-2H3,(H,18,22). The highest BCUT2D eigenvalue weighted by molar-refractivity contribution is 6.04. The molecule has 1 unspecified atom stereocenters. The van der Waals surface area contributed by atoms with Gasteiger partial charge in [0.15, 0.2) is 5.78 Å². The Kier molecular flexibility index (Phi) is 4.34. The first-order valence-electron chi connectivity index (χ1n) is 8.35. The van der Waals surface area contributed by atoms with E-state index in [4.69, 9.17) is 0 Å². The highest BCUT2D eigenvalue weighted by Crippen LogP contribution is 2.26. The fourth-order valence-corrected chi connectivity index (χ4v) is 3.64. The summed E-state index contributed by atoms with van der Waals surface area (Å²) in [6, 6.07) is 0.359. The summed E-state index contributed by atoms with van der Waals surface area (Å²) in [4.78, 5) is 30.1. The van der Waals surface area contributed by atoms with Crippen molar-refractivity contribution in [3.05, 3.63) is 22.5 Å². The molecule has 2 aliphatic rings. The molecule has 1 aliphatic heterocycles. The number of likely N-dealkylation sites (tertiary alicyclic amines) is 1. The average molecular weight is 303 g/mol. The normalized spacial score (nSPS) is 20.0. The summed E-state index contributed by atoms with van der Waals surface area (Å²) in [5.74, 6) is 0.0743. The van der Waals surface area contributed by atoms with Gasteiger partial charge in [0.2, 0.25) is 0 Å². The Labute approximate surface area is 131 Å². The van der Waals surface area contributed by atoms with Gasteiger partial charge in [0, 0.05) is 30.3 Å². The van der Waals surface area contributed by atoms with Gasteiger partial charge in [-0.05, 0) is 58.2 Å². The molecule has 1 amide bonds. The number of nitrogens with one attached hydrogen (secondary N) is 2. The van der Waals surface area contributed by atoms with Crippen LogP contribution in [0.5, 0.6) is 0 Å². The number of rotatable bonds is 4. The van der Waals surface area contributed by atoms with Crippen LogP contribution in [0, 0.1) is 6.92 Å². The third-order valence-corrected chi connectivity index (χ3v) is 4.99. The quantitative estimate of drug-likeness (QED) is 0.895. The van der Waals surface area contributed by atoms with Crippen LogP contribution >= 0.6 is 0 Å². The maximum absolute atomic E-state index is 12.4. The van der Waals surface area contributed by atoms with Gasteiger partial charge in [-0.25, -0.2) is 0 Å². The number of Topliss-reactive ketones (excluding diaryl/α,β-unsaturated/α-hetero) is 1. The van der Waals surface area contributed by atoms with Gasteiger partial charge >= 0.3 is 0 Å². The second-order valence-corrected chi connectivity index (χ2v) is 6.56. The summed E-state index contributed by atoms with van der Waals surface area (Å²) >= 11 is 0. The minimum atomic E-state index is -0.0919. The predicted octanol–water partition coefficient (Wildman–Crippen LogP) is 2.06. The topological polar surface area (TPSA) is 65.2 Å². The lowest BCUT2D eigenvalue weighted by atomic mass is 9.94. The molecule has 0 aromatic carbocycles. The summed E-state index contributed by atoms with van der Waals surface area (Å²) in [5.41, 5.74) is 3.07. The molecule has 3 rings (SSSR count). The molecule has 1 aromatic heterocycles. The Balaban J connectivity index is 1.66. The molecule has 5 nitrogen and oxygen atoms in total. The Bertz CT molecular complexity index is 585. The van der Waals surface area contributed by atoms with E-state index in [2.05, 4.69) is 22.1 Å². The number of amides is 1. The molecule has 120 valence electrons. The van der Waals surface area contributed by atoms with Crippen LogP contribution < -0.4 is 5.32 Å². The lowest BCUT2D eigenvalue weighted by Gasteiger charge is -2.23. The minimum Gasteiger partial charge on any atom is -0.354 e. The van der Waals surface area contributed by atoms with Crippen molar-refractivity contribution in [3.63, 3.8) is 0 Å². The Hall–Kier alpha value is -1.62. The molecule has 22 heavy (non-hydrogen) atoms. The Morgan fingerprint density at radius 3 is 2.68 bits per heavy atom. The van der Waals surface area contributed by atoms with Gasteiger partial charge in [-0.2, -0.15) is 0 Å². The van der Waals surface area contributed by atoms with Crippen molar-refractivity contribution >= 4 is 11.7 Å². The van der Waals surface area contributed by atoms with Gasteiger partial charge in [0.05, 0.1) is 0 Å². The van der Waals surface area contributed by atoms with Crippen LogP contribution in [0.3, 0.4) is 0 Å². The van der Waals surface area contributed by atoms with Gasteiger partial charge in [0.25, 0.3) is 5.91 Å². The molecule has 0 saturated carbocycles. The van der Waals surface area contributed by atoms with Crippen LogP contribution in [0.1, 0.15) is 64.7 Å². The molecular formula is C17H25N3O2. The molecule has 0 bridgehead atoms. The molecule has 2 N–H and O–H groups in total. The molecular weight excluding hydrogens is 278 g/mol. The van der Waals surface area contributed by atoms with Crippen LogP contribution in [0.15, 0.2) is 0 Å². The SMILES string of the molecule is Cc1c(C(=O)NCC(C)N2CCCC2)[nH]c2c1C(=O)CCC2. The van der Waals surface area contributed by atoms with E-state index < -0.39 is 0 Å². The van der Waals surface area contributed by atoms with Crippen LogP contribution in [-0.4, -0.2) is 47.3 Å². The van der Waals surface area contributed by atoms with Crippen molar-refractivity contribution in [1.29, 1.82) is 0 Å². The summed E-state index contributed by atoms with van der Waals surface area (Å²) in [5, 5.41) is 3.02. The molecule has 5 heteroatoms. The van der Waals surface area contributed by atoms with Crippen LogP contribution in [0.25, 0.3) is 0 Å². The zero-order valence-electron chi connectivity index (χ0n) is 13.5. The molecule has 1 aromatic rings. The summed E-state index contributed by atoms with van der Waals surface area (Å²) in [6.45, 7) is 6.93. The number of fused-ring (bicyclic) bond motifs is 1. The smallest absolute Gasteiger partial charge is 0.268 e. The largest absolute Gasteiger partial charge is 0.354 e. The Morgan fingerprint density at radius 2 is 2.00 bits per heavy atom. The number of hydrogen-bond donors (Lipinski definition) is 2. The van der Waals surface area contributed by atoms with Crippen molar-refractivity contribution in [3.8, 4) is 0 Å². The van der Waals surface area contributed by atoms with Crippen molar-refractivity contribution in [2.45, 2.75) is 52.0 Å². The Morgan fingerprint density at radius 1 is 1.27 bits per heavy atom. The first kappa shape index (κ1) is 15.3. The fraction of sp³-hybridized carbons (Fsp3) is 0.647. The lowest BCUT2D eigenvalue weighted by molar-refractivity contribution is 0.0934. The maximum atomic E-state index is 12.4. The number of aromatic nitrogens is 1. The first-order valence-corrected chi connectivity index (χ1v) is 8.35. The highest BCUT2D eigenvalue weighted by atomic mass is 16.2. The number of ketones is 1. The van der Waals surface area contributed by atoms with Gasteiger partial charge in [-0.3, -0.25) is 14.5 Å². The van der Waals surface area contributed by atoms with E-state index >= 15 is 0 Å². The molecule has 1 fully saturated rings. The second kappa shape index (κ2) is 6.24. The summed E-state index contributed by atoms with van der Waals surface area (Å²) in [7, 11) is 0. The van der Waals surface area contributed by atoms with Crippen LogP contribution in [0.4, 0.5) is 0 Å². The number of H-pyrrole nitrogens is 1. The molecule has 1 aliphatic carbocycles. The van der Waals surface area contributed by atoms with E-state index in [1.165, 1.54) is 12.8 Å². The van der Waals surface area contributed by atoms with Gasteiger partial charge in [-0.1, -0.05) is 0 Å². The number of hydrogen-bond acceptors (Lipinski definition) is 3. The molecule has 0 spiro atoms. The van der Waals surface area contributed by atoms with E-state index in [0.717, 1.165) is 42.8 Å². The third-order valence-electron chi connectivity index (χ3n) is 4.99. The highest BCUT2D eigenvalue weighted by Gasteiger charge is 2.26. The number of nitrogens with zero attached hydrogens (tertiary/aromatic N) is 1. The monoisotopic (exact) mass is 303 g/mol. The lowest BCUT2D eigenvalue weighted by Crippen LogP contribution is -2.40. The number of carbonyl (C=O) groups is 2. The third kappa shape index (κ3) is 2.82. The van der Waals surface area contributed by atoms with Crippen molar-refractivity contribution in [1.82, 2.24) is 15.2 Å². The molecule has 0 radical (unpaired) electrons. The van der Waals surface area contributed by atoms with Crippen molar-refractivity contribution in [2.24, 2.45) is 0 Å². The summed E-state index contributed by atoms with van der Waals surface area (Å²) < 4.78 is 0. The maximum Gasteiger partial charge on any atom is 0.268 e. The van der Waals surface area contributed by atoms with Crippen molar-refractivity contribution in [2.75, 3.05) is 19.6 Å². The fourth-order valence-electron chi connectivity index (χ4n) is 3.64. The van der Waals surface area contributed by atoms with E-state index in [-0.39, 0.29) is 11.7 Å². The number of aromatic amines is 1. The van der Waals surface area contributed by atoms with Crippen molar-refractivity contribution < 1.29 is 9.59 Å². The predicted molar refractivity (Wildman–Crippen MR) is 85.4 cm³/mol. The van der Waals surface area contributed by atoms with Gasteiger partial charge < -0.3 is 10.3 Å². The summed E-state index contributed by atoms with van der Waals surface area (Å²) in [6.07, 6.45) is 4.84. The van der Waals surface area contributed by atoms with E-state index in [1.807, 2.05) is 6.92 Å². The average Bonchev–Trinajstić information content (AvgIpc) is 3.13. The second-order valence-electron chi connectivity index (χ2n) is 6.56. The molecule has 2 heterocycles. The van der Waals surface area contributed by atoms with Gasteiger partial charge in [0.1, 0.15) is 5.69 Å². The zero-order chi connectivity index (χ0) is 15.7. The number of aryl methyl sites for hydroxylation is 1. The van der Waals surface area contributed by atoms with Crippen LogP contribution in [-0.2, 0) is 6.42 Å². The van der Waals surface area contributed by atoms with E-state index in [1.54, 1.807) is 0 Å². The van der Waals surface area contributed by atoms with Crippen LogP contribution in [0.2, 0.25) is 0 Å². The first-order chi connectivity index (χ1) is 10.6. The molecule has 1 atom stereocenters.